The smallest absolute Gasteiger partial charge is 0.339 e. The molecule has 0 atom stereocenters. The Morgan fingerprint density at radius 2 is 1.88 bits per heavy atom. The zero-order valence-corrected chi connectivity index (χ0v) is 15.5. The van der Waals surface area contributed by atoms with Crippen molar-refractivity contribution in [2.45, 2.75) is 20.8 Å². The molecule has 1 fully saturated rings. The molecule has 134 valence electrons. The molecule has 0 aromatic heterocycles. The van der Waals surface area contributed by atoms with E-state index in [1.807, 2.05) is 19.9 Å². The molecule has 1 aromatic carbocycles. The number of benzene rings is 1. The minimum Gasteiger partial charge on any atom is -0.462 e. The van der Waals surface area contributed by atoms with E-state index in [0.717, 1.165) is 0 Å². The summed E-state index contributed by atoms with van der Waals surface area (Å²) in [5.74, 6) is -0.630. The van der Waals surface area contributed by atoms with Crippen molar-refractivity contribution in [3.05, 3.63) is 41.5 Å². The number of carbonyl (C=O) groups is 1. The Morgan fingerprint density at radius 3 is 2.40 bits per heavy atom. The topological polar surface area (TPSA) is 85.6 Å². The van der Waals surface area contributed by atoms with Crippen LogP contribution in [0.15, 0.2) is 35.9 Å². The zero-order chi connectivity index (χ0) is 18.5. The Labute approximate surface area is 147 Å². The van der Waals surface area contributed by atoms with Gasteiger partial charge in [0.05, 0.1) is 43.2 Å². The van der Waals surface area contributed by atoms with Gasteiger partial charge in [0.1, 0.15) is 0 Å². The maximum Gasteiger partial charge on any atom is 0.339 e. The van der Waals surface area contributed by atoms with Gasteiger partial charge in [-0.05, 0) is 12.5 Å². The second-order valence-corrected chi connectivity index (χ2v) is 8.59. The van der Waals surface area contributed by atoms with Crippen LogP contribution in [0.1, 0.15) is 26.3 Å². The predicted octanol–water partition coefficient (Wildman–Crippen LogP) is 3.79. The molecule has 6 nitrogen and oxygen atoms in total. The van der Waals surface area contributed by atoms with Gasteiger partial charge in [0.2, 0.25) is 0 Å². The molecule has 1 aliphatic rings. The summed E-state index contributed by atoms with van der Waals surface area (Å²) in [6.45, 7) is 6.26. The van der Waals surface area contributed by atoms with E-state index in [2.05, 4.69) is 0 Å². The second kappa shape index (κ2) is 7.97. The van der Waals surface area contributed by atoms with Crippen LogP contribution < -0.4 is 0 Å². The van der Waals surface area contributed by atoms with Crippen LogP contribution in [-0.2, 0) is 23.1 Å². The Balaban J connectivity index is 2.39. The van der Waals surface area contributed by atoms with Gasteiger partial charge >= 0.3 is 13.6 Å². The number of carbonyl (C=O) groups excluding carboxylic acids is 1. The summed E-state index contributed by atoms with van der Waals surface area (Å²) >= 11 is 0. The third-order valence-corrected chi connectivity index (χ3v) is 5.38. The van der Waals surface area contributed by atoms with Crippen molar-refractivity contribution < 1.29 is 23.1 Å². The first-order valence-electron chi connectivity index (χ1n) is 8.04. The quantitative estimate of drug-likeness (QED) is 0.342. The fourth-order valence-corrected chi connectivity index (χ4v) is 4.27. The summed E-state index contributed by atoms with van der Waals surface area (Å²) in [5.41, 5.74) is 0.416. The molecular formula is C18H22NO5P. The summed E-state index contributed by atoms with van der Waals surface area (Å²) in [7, 11) is -3.49. The van der Waals surface area contributed by atoms with Crippen LogP contribution in [0.5, 0.6) is 0 Å². The van der Waals surface area contributed by atoms with Gasteiger partial charge in [0.25, 0.3) is 0 Å². The summed E-state index contributed by atoms with van der Waals surface area (Å²) in [5, 5.41) is 9.57. The van der Waals surface area contributed by atoms with E-state index in [4.69, 9.17) is 13.8 Å². The van der Waals surface area contributed by atoms with Gasteiger partial charge in [0.15, 0.2) is 0 Å². The number of nitriles is 1. The van der Waals surface area contributed by atoms with Gasteiger partial charge in [-0.1, -0.05) is 44.2 Å². The van der Waals surface area contributed by atoms with Crippen molar-refractivity contribution in [2.75, 3.05) is 26.0 Å². The van der Waals surface area contributed by atoms with Crippen LogP contribution in [-0.4, -0.2) is 32.0 Å². The molecule has 0 spiro atoms. The van der Waals surface area contributed by atoms with Crippen LogP contribution >= 0.6 is 7.60 Å². The number of ether oxygens (including phenoxy) is 1. The van der Waals surface area contributed by atoms with Crippen molar-refractivity contribution in [3.8, 4) is 6.07 Å². The van der Waals surface area contributed by atoms with Crippen LogP contribution in [0.25, 0.3) is 5.57 Å². The first kappa shape index (κ1) is 19.4. The summed E-state index contributed by atoms with van der Waals surface area (Å²) in [6, 6.07) is 10.7. The molecule has 0 saturated carbocycles. The summed E-state index contributed by atoms with van der Waals surface area (Å²) in [4.78, 5) is 12.4. The predicted molar refractivity (Wildman–Crippen MR) is 93.8 cm³/mol. The van der Waals surface area contributed by atoms with E-state index in [0.29, 0.717) is 5.56 Å². The lowest BCUT2D eigenvalue weighted by Gasteiger charge is -2.34. The minimum atomic E-state index is -3.49. The molecule has 0 amide bonds. The number of nitrogens with zero attached hydrogens (tertiary/aromatic N) is 1. The molecule has 1 heterocycles. The molecule has 1 aromatic rings. The lowest BCUT2D eigenvalue weighted by atomic mass is 9.97. The molecule has 0 radical (unpaired) electrons. The lowest BCUT2D eigenvalue weighted by Crippen LogP contribution is -2.30. The van der Waals surface area contributed by atoms with Gasteiger partial charge in [0, 0.05) is 5.41 Å². The highest BCUT2D eigenvalue weighted by Gasteiger charge is 2.38. The highest BCUT2D eigenvalue weighted by atomic mass is 31.2. The zero-order valence-electron chi connectivity index (χ0n) is 14.7. The van der Waals surface area contributed by atoms with E-state index in [1.54, 1.807) is 37.3 Å². The first-order valence-corrected chi connectivity index (χ1v) is 9.77. The molecule has 0 unspecified atom stereocenters. The van der Waals surface area contributed by atoms with Crippen LogP contribution in [0.3, 0.4) is 0 Å². The van der Waals surface area contributed by atoms with Crippen molar-refractivity contribution in [1.29, 1.82) is 5.26 Å². The second-order valence-electron chi connectivity index (χ2n) is 6.53. The normalized spacial score (nSPS) is 19.4. The molecule has 0 N–H and O–H groups in total. The third-order valence-electron chi connectivity index (χ3n) is 3.63. The molecule has 0 bridgehead atoms. The Bertz CT molecular complexity index is 734. The number of esters is 1. The van der Waals surface area contributed by atoms with E-state index in [1.165, 1.54) is 0 Å². The fraction of sp³-hybridized carbons (Fsp3) is 0.444. The van der Waals surface area contributed by atoms with Crippen LogP contribution in [0, 0.1) is 16.7 Å². The summed E-state index contributed by atoms with van der Waals surface area (Å²) in [6.07, 6.45) is -0.261. The standard InChI is InChI=1S/C18H22NO5P/c1-4-22-17(20)16(14-8-6-5-7-9-14)15(10-19)11-25(21)23-12-18(2,3)13-24-25/h5-9H,4,11-13H2,1-3H3/b16-15-. The fourth-order valence-electron chi connectivity index (χ4n) is 2.30. The SMILES string of the molecule is CCOC(=O)/C(=C(/C#N)CP1(=O)OCC(C)(C)CO1)c1ccccc1. The third kappa shape index (κ3) is 5.02. The van der Waals surface area contributed by atoms with Crippen molar-refractivity contribution >= 4 is 19.1 Å². The Hall–Kier alpha value is -1.93. The number of hydrogen-bond donors (Lipinski definition) is 0. The number of allylic oxidation sites excluding steroid dienone is 1. The van der Waals surface area contributed by atoms with Crippen molar-refractivity contribution in [1.82, 2.24) is 0 Å². The number of rotatable bonds is 5. The number of hydrogen-bond acceptors (Lipinski definition) is 6. The van der Waals surface area contributed by atoms with Gasteiger partial charge in [-0.25, -0.2) is 4.79 Å². The largest absolute Gasteiger partial charge is 0.462 e. The molecule has 0 aliphatic carbocycles. The molecular weight excluding hydrogens is 341 g/mol. The summed E-state index contributed by atoms with van der Waals surface area (Å²) < 4.78 is 28.8. The van der Waals surface area contributed by atoms with Gasteiger partial charge in [-0.2, -0.15) is 5.26 Å². The first-order chi connectivity index (χ1) is 11.8. The van der Waals surface area contributed by atoms with E-state index >= 15 is 0 Å². The van der Waals surface area contributed by atoms with E-state index in [9.17, 15) is 14.6 Å². The minimum absolute atomic E-state index is 0.0349. The highest BCUT2D eigenvalue weighted by molar-refractivity contribution is 7.54. The highest BCUT2D eigenvalue weighted by Crippen LogP contribution is 2.55. The Kier molecular flexibility index (Phi) is 6.18. The maximum atomic E-state index is 12.8. The van der Waals surface area contributed by atoms with E-state index in [-0.39, 0.29) is 42.5 Å². The molecule has 7 heteroatoms. The molecule has 25 heavy (non-hydrogen) atoms. The monoisotopic (exact) mass is 363 g/mol. The van der Waals surface area contributed by atoms with Gasteiger partial charge in [-0.3, -0.25) is 4.57 Å². The van der Waals surface area contributed by atoms with Gasteiger partial charge < -0.3 is 13.8 Å². The molecule has 1 aliphatic heterocycles. The molecule has 2 rings (SSSR count). The molecule has 1 saturated heterocycles. The lowest BCUT2D eigenvalue weighted by molar-refractivity contribution is -0.136. The van der Waals surface area contributed by atoms with Crippen LogP contribution in [0.2, 0.25) is 0 Å². The van der Waals surface area contributed by atoms with Crippen LogP contribution in [0.4, 0.5) is 0 Å². The van der Waals surface area contributed by atoms with Crippen molar-refractivity contribution in [2.24, 2.45) is 5.41 Å². The van der Waals surface area contributed by atoms with Crippen molar-refractivity contribution in [3.63, 3.8) is 0 Å². The average Bonchev–Trinajstić information content (AvgIpc) is 2.59. The average molecular weight is 363 g/mol. The Morgan fingerprint density at radius 1 is 1.28 bits per heavy atom. The maximum absolute atomic E-state index is 12.8. The van der Waals surface area contributed by atoms with Gasteiger partial charge in [-0.15, -0.1) is 0 Å². The van der Waals surface area contributed by atoms with E-state index < -0.39 is 13.6 Å².